The molecule has 1 aromatic rings. The van der Waals surface area contributed by atoms with Crippen molar-refractivity contribution in [3.05, 3.63) is 52.8 Å². The Balaban J connectivity index is 1.94. The van der Waals surface area contributed by atoms with E-state index < -0.39 is 0 Å². The minimum Gasteiger partial charge on any atom is -0.461 e. The molecule has 0 aliphatic rings. The monoisotopic (exact) mass is 477 g/mol. The van der Waals surface area contributed by atoms with Gasteiger partial charge in [-0.15, -0.1) is 0 Å². The first-order valence-corrected chi connectivity index (χ1v) is 12.6. The molecular formula is C26H40BrNO2. The second kappa shape index (κ2) is 19.5. The molecule has 30 heavy (non-hydrogen) atoms. The number of hydrogen-bond donors (Lipinski definition) is 0. The molecule has 0 spiro atoms. The van der Waals surface area contributed by atoms with E-state index in [-0.39, 0.29) is 5.97 Å². The highest BCUT2D eigenvalue weighted by Gasteiger charge is 2.03. The SMILES string of the molecule is CCCCCCCCCC/C=C/CC/C(Br)=C\CCCC(=O)OCc1cccnc1. The Kier molecular flexibility index (Phi) is 17.3. The topological polar surface area (TPSA) is 39.2 Å². The maximum Gasteiger partial charge on any atom is 0.306 e. The van der Waals surface area contributed by atoms with Crippen molar-refractivity contribution in [3.63, 3.8) is 0 Å². The van der Waals surface area contributed by atoms with Crippen LogP contribution in [0.5, 0.6) is 0 Å². The molecule has 0 bridgehead atoms. The summed E-state index contributed by atoms with van der Waals surface area (Å²) in [4.78, 5) is 15.8. The van der Waals surface area contributed by atoms with Gasteiger partial charge in [-0.3, -0.25) is 9.78 Å². The third kappa shape index (κ3) is 16.4. The van der Waals surface area contributed by atoms with Crippen LogP contribution < -0.4 is 0 Å². The molecule has 168 valence electrons. The van der Waals surface area contributed by atoms with Crippen molar-refractivity contribution in [1.29, 1.82) is 0 Å². The van der Waals surface area contributed by atoms with Crippen molar-refractivity contribution in [1.82, 2.24) is 4.98 Å². The number of ether oxygens (including phenoxy) is 1. The number of halogens is 1. The number of allylic oxidation sites excluding steroid dienone is 4. The van der Waals surface area contributed by atoms with E-state index in [0.29, 0.717) is 13.0 Å². The summed E-state index contributed by atoms with van der Waals surface area (Å²) < 4.78 is 6.49. The first kappa shape index (κ1) is 26.6. The van der Waals surface area contributed by atoms with E-state index in [1.165, 1.54) is 62.3 Å². The minimum atomic E-state index is -0.146. The number of aromatic nitrogens is 1. The first-order chi connectivity index (χ1) is 14.7. The summed E-state index contributed by atoms with van der Waals surface area (Å²) in [5.41, 5.74) is 0.920. The van der Waals surface area contributed by atoms with Gasteiger partial charge in [0.05, 0.1) is 0 Å². The molecule has 0 saturated heterocycles. The van der Waals surface area contributed by atoms with Crippen molar-refractivity contribution in [2.24, 2.45) is 0 Å². The number of carbonyl (C=O) groups excluding carboxylic acids is 1. The summed E-state index contributed by atoms with van der Waals surface area (Å²) in [6, 6.07) is 3.75. The number of unbranched alkanes of at least 4 members (excludes halogenated alkanes) is 9. The lowest BCUT2D eigenvalue weighted by atomic mass is 10.1. The van der Waals surface area contributed by atoms with E-state index in [9.17, 15) is 4.79 Å². The molecule has 0 aliphatic carbocycles. The maximum absolute atomic E-state index is 11.8. The van der Waals surface area contributed by atoms with Crippen LogP contribution in [0, 0.1) is 0 Å². The van der Waals surface area contributed by atoms with Gasteiger partial charge in [-0.1, -0.05) is 92.1 Å². The van der Waals surface area contributed by atoms with E-state index in [2.05, 4.69) is 46.1 Å². The van der Waals surface area contributed by atoms with E-state index in [1.54, 1.807) is 12.4 Å². The highest BCUT2D eigenvalue weighted by atomic mass is 79.9. The molecule has 3 nitrogen and oxygen atoms in total. The van der Waals surface area contributed by atoms with Crippen LogP contribution in [0.15, 0.2) is 47.2 Å². The van der Waals surface area contributed by atoms with Crippen LogP contribution in [0.2, 0.25) is 0 Å². The molecule has 0 aliphatic heterocycles. The Morgan fingerprint density at radius 3 is 2.43 bits per heavy atom. The van der Waals surface area contributed by atoms with Gasteiger partial charge in [0, 0.05) is 24.4 Å². The minimum absolute atomic E-state index is 0.146. The molecule has 1 aromatic heterocycles. The van der Waals surface area contributed by atoms with E-state index in [1.807, 2.05) is 12.1 Å². The second-order valence-electron chi connectivity index (χ2n) is 7.84. The van der Waals surface area contributed by atoms with E-state index in [4.69, 9.17) is 4.74 Å². The van der Waals surface area contributed by atoms with Crippen molar-refractivity contribution < 1.29 is 9.53 Å². The third-order valence-electron chi connectivity index (χ3n) is 5.01. The number of rotatable bonds is 18. The Morgan fingerprint density at radius 2 is 1.70 bits per heavy atom. The zero-order valence-corrected chi connectivity index (χ0v) is 20.4. The Bertz CT molecular complexity index is 598. The van der Waals surface area contributed by atoms with E-state index in [0.717, 1.165) is 31.2 Å². The van der Waals surface area contributed by atoms with Crippen LogP contribution in [0.1, 0.15) is 102 Å². The van der Waals surface area contributed by atoms with Gasteiger partial charge in [-0.05, 0) is 49.1 Å². The summed E-state index contributed by atoms with van der Waals surface area (Å²) >= 11 is 3.64. The predicted octanol–water partition coefficient (Wildman–Crippen LogP) is 8.44. The van der Waals surface area contributed by atoms with Crippen LogP contribution in [-0.4, -0.2) is 11.0 Å². The lowest BCUT2D eigenvalue weighted by Gasteiger charge is -2.04. The van der Waals surface area contributed by atoms with Gasteiger partial charge in [0.2, 0.25) is 0 Å². The fourth-order valence-corrected chi connectivity index (χ4v) is 3.64. The lowest BCUT2D eigenvalue weighted by molar-refractivity contribution is -0.145. The average Bonchev–Trinajstić information content (AvgIpc) is 2.76. The smallest absolute Gasteiger partial charge is 0.306 e. The van der Waals surface area contributed by atoms with Crippen molar-refractivity contribution in [2.75, 3.05) is 0 Å². The van der Waals surface area contributed by atoms with Gasteiger partial charge in [0.25, 0.3) is 0 Å². The highest BCUT2D eigenvalue weighted by molar-refractivity contribution is 9.11. The third-order valence-corrected chi connectivity index (χ3v) is 5.73. The Labute approximate surface area is 192 Å². The van der Waals surface area contributed by atoms with Crippen molar-refractivity contribution in [3.8, 4) is 0 Å². The molecule has 0 saturated carbocycles. The van der Waals surface area contributed by atoms with Gasteiger partial charge in [0.1, 0.15) is 6.61 Å². The Hall–Kier alpha value is -1.42. The van der Waals surface area contributed by atoms with Crippen LogP contribution >= 0.6 is 15.9 Å². The predicted molar refractivity (Wildman–Crippen MR) is 130 cm³/mol. The van der Waals surface area contributed by atoms with Gasteiger partial charge in [-0.25, -0.2) is 0 Å². The number of hydrogen-bond acceptors (Lipinski definition) is 3. The molecule has 4 heteroatoms. The average molecular weight is 479 g/mol. The van der Waals surface area contributed by atoms with Crippen molar-refractivity contribution in [2.45, 2.75) is 103 Å². The largest absolute Gasteiger partial charge is 0.461 e. The molecule has 1 heterocycles. The second-order valence-corrected chi connectivity index (χ2v) is 8.86. The zero-order chi connectivity index (χ0) is 21.7. The fraction of sp³-hybridized carbons (Fsp3) is 0.615. The molecule has 0 aromatic carbocycles. The number of pyridine rings is 1. The summed E-state index contributed by atoms with van der Waals surface area (Å²) in [5, 5.41) is 0. The van der Waals surface area contributed by atoms with Crippen LogP contribution in [-0.2, 0) is 16.1 Å². The Morgan fingerprint density at radius 1 is 0.967 bits per heavy atom. The summed E-state index contributed by atoms with van der Waals surface area (Å²) in [6.45, 7) is 2.57. The van der Waals surface area contributed by atoms with E-state index >= 15 is 0 Å². The van der Waals surface area contributed by atoms with Crippen LogP contribution in [0.4, 0.5) is 0 Å². The van der Waals surface area contributed by atoms with Gasteiger partial charge in [-0.2, -0.15) is 0 Å². The lowest BCUT2D eigenvalue weighted by Crippen LogP contribution is -2.04. The normalized spacial score (nSPS) is 11.9. The van der Waals surface area contributed by atoms with Gasteiger partial charge < -0.3 is 4.74 Å². The van der Waals surface area contributed by atoms with Crippen LogP contribution in [0.3, 0.4) is 0 Å². The summed E-state index contributed by atoms with van der Waals surface area (Å²) in [7, 11) is 0. The number of nitrogens with zero attached hydrogens (tertiary/aromatic N) is 1. The standard InChI is InChI=1S/C26H40BrNO2/c1-2-3-4-5-6-7-8-9-10-11-12-13-18-25(27)19-14-15-20-26(29)30-23-24-17-16-21-28-22-24/h11-12,16-17,19,21-22H,2-10,13-15,18,20,23H2,1H3/b12-11+,25-19+. The molecule has 1 rings (SSSR count). The van der Waals surface area contributed by atoms with Crippen molar-refractivity contribution >= 4 is 21.9 Å². The van der Waals surface area contributed by atoms with Crippen LogP contribution in [0.25, 0.3) is 0 Å². The zero-order valence-electron chi connectivity index (χ0n) is 18.8. The quantitative estimate of drug-likeness (QED) is 0.121. The van der Waals surface area contributed by atoms with Gasteiger partial charge in [0.15, 0.2) is 0 Å². The number of carbonyl (C=O) groups is 1. The molecule has 0 atom stereocenters. The summed E-state index contributed by atoms with van der Waals surface area (Å²) in [6.07, 6.45) is 26.7. The summed E-state index contributed by atoms with van der Waals surface area (Å²) in [5.74, 6) is -0.146. The molecule has 0 radical (unpaired) electrons. The fourth-order valence-electron chi connectivity index (χ4n) is 3.18. The first-order valence-electron chi connectivity index (χ1n) is 11.8. The number of esters is 1. The molecule has 0 N–H and O–H groups in total. The molecule has 0 fully saturated rings. The molecular weight excluding hydrogens is 438 g/mol. The highest BCUT2D eigenvalue weighted by Crippen LogP contribution is 2.16. The van der Waals surface area contributed by atoms with Gasteiger partial charge >= 0.3 is 5.97 Å². The maximum atomic E-state index is 11.8. The molecule has 0 amide bonds. The molecule has 0 unspecified atom stereocenters.